The van der Waals surface area contributed by atoms with Gasteiger partial charge in [-0.15, -0.1) is 0 Å². The number of para-hydroxylation sites is 2. The molecular formula is C21H23N3O6. The van der Waals surface area contributed by atoms with E-state index in [4.69, 9.17) is 4.74 Å². The van der Waals surface area contributed by atoms with Crippen LogP contribution in [0.2, 0.25) is 0 Å². The lowest BCUT2D eigenvalue weighted by molar-refractivity contribution is -0.384. The number of benzene rings is 2. The van der Waals surface area contributed by atoms with E-state index in [9.17, 15) is 24.5 Å². The van der Waals surface area contributed by atoms with Crippen LogP contribution in [0.5, 0.6) is 0 Å². The number of ether oxygens (including phenoxy) is 1. The van der Waals surface area contributed by atoms with Crippen molar-refractivity contribution in [3.05, 3.63) is 64.2 Å². The first-order valence-corrected chi connectivity index (χ1v) is 9.36. The smallest absolute Gasteiger partial charge is 0.306 e. The van der Waals surface area contributed by atoms with E-state index >= 15 is 0 Å². The van der Waals surface area contributed by atoms with Gasteiger partial charge in [0.05, 0.1) is 4.92 Å². The standard InChI is InChI=1S/C21H23N3O6/c1-14(21(27)16-9-11-17(12-10-16)23-15(2)25)30-20(26)8-5-13-22-18-6-3-4-7-19(18)24(28)29/h3-4,6-7,9-12,14,22H,5,8,13H2,1-2H3,(H,23,25)/t14-/m0/s1. The Labute approximate surface area is 173 Å². The van der Waals surface area contributed by atoms with Crippen molar-refractivity contribution >= 4 is 34.7 Å². The summed E-state index contributed by atoms with van der Waals surface area (Å²) in [5.74, 6) is -1.10. The van der Waals surface area contributed by atoms with Gasteiger partial charge in [-0.25, -0.2) is 0 Å². The van der Waals surface area contributed by atoms with Gasteiger partial charge in [0.1, 0.15) is 5.69 Å². The Morgan fingerprint density at radius 1 is 1.10 bits per heavy atom. The molecule has 0 aliphatic rings. The van der Waals surface area contributed by atoms with Crippen LogP contribution in [0.15, 0.2) is 48.5 Å². The lowest BCUT2D eigenvalue weighted by Crippen LogP contribution is -2.24. The molecule has 0 bridgehead atoms. The lowest BCUT2D eigenvalue weighted by Gasteiger charge is -2.13. The zero-order chi connectivity index (χ0) is 22.1. The van der Waals surface area contributed by atoms with Gasteiger partial charge < -0.3 is 15.4 Å². The van der Waals surface area contributed by atoms with Gasteiger partial charge in [0.25, 0.3) is 5.69 Å². The lowest BCUT2D eigenvalue weighted by atomic mass is 10.1. The molecule has 9 nitrogen and oxygen atoms in total. The molecule has 0 aliphatic heterocycles. The Bertz CT molecular complexity index is 927. The summed E-state index contributed by atoms with van der Waals surface area (Å²) in [6.07, 6.45) is -0.503. The molecule has 9 heteroatoms. The van der Waals surface area contributed by atoms with Crippen LogP contribution in [0.4, 0.5) is 17.1 Å². The highest BCUT2D eigenvalue weighted by molar-refractivity contribution is 6.00. The highest BCUT2D eigenvalue weighted by Crippen LogP contribution is 2.23. The van der Waals surface area contributed by atoms with Crippen molar-refractivity contribution in [1.82, 2.24) is 0 Å². The van der Waals surface area contributed by atoms with E-state index < -0.39 is 17.0 Å². The summed E-state index contributed by atoms with van der Waals surface area (Å²) in [6, 6.07) is 12.5. The molecule has 0 aliphatic carbocycles. The summed E-state index contributed by atoms with van der Waals surface area (Å²) in [5, 5.41) is 16.5. The van der Waals surface area contributed by atoms with Crippen LogP contribution in [0.3, 0.4) is 0 Å². The highest BCUT2D eigenvalue weighted by Gasteiger charge is 2.19. The second-order valence-electron chi connectivity index (χ2n) is 6.56. The van der Waals surface area contributed by atoms with E-state index in [1.807, 2.05) is 0 Å². The molecule has 0 spiro atoms. The second-order valence-corrected chi connectivity index (χ2v) is 6.56. The molecule has 0 saturated heterocycles. The number of nitrogens with zero attached hydrogens (tertiary/aromatic N) is 1. The summed E-state index contributed by atoms with van der Waals surface area (Å²) in [5.41, 5.74) is 1.27. The number of nitrogens with one attached hydrogen (secondary N) is 2. The number of anilines is 2. The third-order valence-electron chi connectivity index (χ3n) is 4.14. The van der Waals surface area contributed by atoms with Gasteiger partial charge in [0.2, 0.25) is 11.7 Å². The van der Waals surface area contributed by atoms with Crippen LogP contribution in [-0.4, -0.2) is 35.2 Å². The first kappa shape index (κ1) is 22.5. The first-order chi connectivity index (χ1) is 14.3. The monoisotopic (exact) mass is 413 g/mol. The number of carbonyl (C=O) groups excluding carboxylic acids is 3. The largest absolute Gasteiger partial charge is 0.454 e. The van der Waals surface area contributed by atoms with Gasteiger partial charge >= 0.3 is 5.97 Å². The van der Waals surface area contributed by atoms with Crippen molar-refractivity contribution < 1.29 is 24.0 Å². The normalized spacial score (nSPS) is 11.3. The molecule has 1 atom stereocenters. The number of ketones is 1. The van der Waals surface area contributed by atoms with Crippen molar-refractivity contribution in [3.8, 4) is 0 Å². The molecule has 0 unspecified atom stereocenters. The summed E-state index contributed by atoms with van der Waals surface area (Å²) in [6.45, 7) is 3.22. The topological polar surface area (TPSA) is 128 Å². The molecule has 0 aromatic heterocycles. The number of rotatable bonds is 10. The van der Waals surface area contributed by atoms with Crippen LogP contribution < -0.4 is 10.6 Å². The SMILES string of the molecule is CC(=O)Nc1ccc(C(=O)[C@H](C)OC(=O)CCCNc2ccccc2[N+](=O)[O-])cc1. The van der Waals surface area contributed by atoms with Crippen LogP contribution in [0, 0.1) is 10.1 Å². The van der Waals surface area contributed by atoms with Gasteiger partial charge in [-0.1, -0.05) is 12.1 Å². The summed E-state index contributed by atoms with van der Waals surface area (Å²) >= 11 is 0. The maximum atomic E-state index is 12.4. The molecular weight excluding hydrogens is 390 g/mol. The Morgan fingerprint density at radius 2 is 1.77 bits per heavy atom. The number of nitro groups is 1. The van der Waals surface area contributed by atoms with Crippen LogP contribution in [0.1, 0.15) is 37.0 Å². The van der Waals surface area contributed by atoms with Crippen LogP contribution in [0.25, 0.3) is 0 Å². The van der Waals surface area contributed by atoms with E-state index in [0.717, 1.165) is 0 Å². The molecule has 2 aromatic carbocycles. The summed E-state index contributed by atoms with van der Waals surface area (Å²) in [4.78, 5) is 45.9. The highest BCUT2D eigenvalue weighted by atomic mass is 16.6. The number of amides is 1. The van der Waals surface area contributed by atoms with Crippen LogP contribution in [-0.2, 0) is 14.3 Å². The van der Waals surface area contributed by atoms with Gasteiger partial charge in [-0.05, 0) is 43.7 Å². The molecule has 158 valence electrons. The minimum absolute atomic E-state index is 0.0381. The fourth-order valence-corrected chi connectivity index (χ4v) is 2.70. The number of esters is 1. The minimum Gasteiger partial charge on any atom is -0.454 e. The zero-order valence-corrected chi connectivity index (χ0v) is 16.7. The van der Waals surface area contributed by atoms with E-state index in [0.29, 0.717) is 29.9 Å². The Kier molecular flexibility index (Phi) is 8.04. The van der Waals surface area contributed by atoms with Crippen molar-refractivity contribution in [2.75, 3.05) is 17.2 Å². The van der Waals surface area contributed by atoms with E-state index in [-0.39, 0.29) is 23.8 Å². The molecule has 2 rings (SSSR count). The molecule has 0 saturated carbocycles. The maximum absolute atomic E-state index is 12.4. The van der Waals surface area contributed by atoms with Crippen molar-refractivity contribution in [3.63, 3.8) is 0 Å². The molecule has 2 N–H and O–H groups in total. The predicted molar refractivity (Wildman–Crippen MR) is 111 cm³/mol. The first-order valence-electron chi connectivity index (χ1n) is 9.36. The van der Waals surface area contributed by atoms with Gasteiger partial charge in [0, 0.05) is 37.2 Å². The number of carbonyl (C=O) groups is 3. The van der Waals surface area contributed by atoms with E-state index in [1.54, 1.807) is 42.5 Å². The average molecular weight is 413 g/mol. The summed E-state index contributed by atoms with van der Waals surface area (Å²) in [7, 11) is 0. The maximum Gasteiger partial charge on any atom is 0.306 e. The predicted octanol–water partition coefficient (Wildman–Crippen LogP) is 3.56. The number of nitro benzene ring substituents is 1. The third-order valence-corrected chi connectivity index (χ3v) is 4.14. The third kappa shape index (κ3) is 6.69. The van der Waals surface area contributed by atoms with E-state index in [2.05, 4.69) is 10.6 Å². The quantitative estimate of drug-likeness (QED) is 0.200. The number of hydrogen-bond donors (Lipinski definition) is 2. The fraction of sp³-hybridized carbons (Fsp3) is 0.286. The molecule has 30 heavy (non-hydrogen) atoms. The molecule has 0 fully saturated rings. The van der Waals surface area contributed by atoms with Gasteiger partial charge in [-0.2, -0.15) is 0 Å². The molecule has 1 amide bonds. The summed E-state index contributed by atoms with van der Waals surface area (Å²) < 4.78 is 5.18. The zero-order valence-electron chi connectivity index (χ0n) is 16.7. The Hall–Kier alpha value is -3.75. The van der Waals surface area contributed by atoms with Crippen molar-refractivity contribution in [2.45, 2.75) is 32.8 Å². The fourth-order valence-electron chi connectivity index (χ4n) is 2.70. The Morgan fingerprint density at radius 3 is 2.40 bits per heavy atom. The van der Waals surface area contributed by atoms with Crippen molar-refractivity contribution in [1.29, 1.82) is 0 Å². The van der Waals surface area contributed by atoms with Gasteiger partial charge in [-0.3, -0.25) is 24.5 Å². The Balaban J connectivity index is 1.78. The average Bonchev–Trinajstić information content (AvgIpc) is 2.71. The van der Waals surface area contributed by atoms with Crippen LogP contribution >= 0.6 is 0 Å². The molecule has 0 radical (unpaired) electrons. The number of Topliss-reactive ketones (excluding diaryl/α,β-unsaturated/α-hetero) is 1. The number of hydrogen-bond acceptors (Lipinski definition) is 7. The second kappa shape index (κ2) is 10.7. The van der Waals surface area contributed by atoms with Gasteiger partial charge in [0.15, 0.2) is 6.10 Å². The minimum atomic E-state index is -0.952. The molecule has 0 heterocycles. The molecule has 2 aromatic rings. The van der Waals surface area contributed by atoms with E-state index in [1.165, 1.54) is 19.9 Å². The van der Waals surface area contributed by atoms with Crippen molar-refractivity contribution in [2.24, 2.45) is 0 Å².